The van der Waals surface area contributed by atoms with Gasteiger partial charge in [0.05, 0.1) is 11.4 Å². The van der Waals surface area contributed by atoms with Gasteiger partial charge in [-0.3, -0.25) is 4.98 Å². The molecule has 272 valence electrons. The second-order valence-corrected chi connectivity index (χ2v) is 15.1. The molecule has 0 unspecified atom stereocenters. The first-order valence-electron chi connectivity index (χ1n) is 20.0. The highest BCUT2D eigenvalue weighted by Crippen LogP contribution is 2.45. The Morgan fingerprint density at radius 3 is 1.79 bits per heavy atom. The van der Waals surface area contributed by atoms with E-state index in [-0.39, 0.29) is 0 Å². The van der Waals surface area contributed by atoms with Gasteiger partial charge < -0.3 is 0 Å². The number of hydrogen-bond donors (Lipinski definition) is 0. The number of aryl methyl sites for hydroxylation is 1. The van der Waals surface area contributed by atoms with E-state index < -0.39 is 0 Å². The van der Waals surface area contributed by atoms with E-state index in [4.69, 9.17) is 9.97 Å². The van der Waals surface area contributed by atoms with Gasteiger partial charge in [0.15, 0.2) is 5.82 Å². The lowest BCUT2D eigenvalue weighted by Crippen LogP contribution is -1.98. The lowest BCUT2D eigenvalue weighted by molar-refractivity contribution is 0.986. The Balaban J connectivity index is 1.09. The number of nitrogens with zero attached hydrogens (tertiary/aromatic N) is 3. The number of allylic oxidation sites excluding steroid dienone is 1. The maximum absolute atomic E-state index is 5.32. The molecule has 0 radical (unpaired) electrons. The van der Waals surface area contributed by atoms with Gasteiger partial charge in [-0.25, -0.2) is 9.97 Å². The van der Waals surface area contributed by atoms with Crippen LogP contribution in [0.4, 0.5) is 0 Å². The summed E-state index contributed by atoms with van der Waals surface area (Å²) in [6, 6.07) is 63.4. The molecule has 2 heterocycles. The van der Waals surface area contributed by atoms with Crippen LogP contribution in [0.15, 0.2) is 194 Å². The van der Waals surface area contributed by atoms with Crippen molar-refractivity contribution in [3.8, 4) is 67.3 Å². The summed E-state index contributed by atoms with van der Waals surface area (Å²) in [5.74, 6) is 0.698. The molecule has 11 rings (SSSR count). The number of benzene rings is 8. The number of pyridine rings is 1. The number of hydrogen-bond acceptors (Lipinski definition) is 3. The average molecular weight is 740 g/mol. The third-order valence-electron chi connectivity index (χ3n) is 11.6. The summed E-state index contributed by atoms with van der Waals surface area (Å²) in [6.07, 6.45) is 10.3. The zero-order chi connectivity index (χ0) is 38.4. The molecule has 2 aromatic heterocycles. The van der Waals surface area contributed by atoms with Crippen LogP contribution in [0, 0.1) is 0 Å². The summed E-state index contributed by atoms with van der Waals surface area (Å²) in [7, 11) is 0. The molecule has 1 aliphatic carbocycles. The molecule has 3 nitrogen and oxygen atoms in total. The first-order chi connectivity index (χ1) is 28.7. The molecule has 0 bridgehead atoms. The van der Waals surface area contributed by atoms with E-state index in [0.717, 1.165) is 57.6 Å². The zero-order valence-corrected chi connectivity index (χ0v) is 31.8. The fourth-order valence-corrected chi connectivity index (χ4v) is 8.82. The summed E-state index contributed by atoms with van der Waals surface area (Å²) < 4.78 is 0. The summed E-state index contributed by atoms with van der Waals surface area (Å²) in [5, 5.41) is 7.39. The molecule has 1 aliphatic rings. The maximum atomic E-state index is 5.32. The Morgan fingerprint density at radius 1 is 0.414 bits per heavy atom. The first-order valence-corrected chi connectivity index (χ1v) is 20.0. The highest BCUT2D eigenvalue weighted by molar-refractivity contribution is 6.23. The third-order valence-corrected chi connectivity index (χ3v) is 11.6. The van der Waals surface area contributed by atoms with Crippen molar-refractivity contribution in [1.82, 2.24) is 15.0 Å². The number of fused-ring (bicyclic) bond motifs is 4. The molecular formula is C55H37N3. The van der Waals surface area contributed by atoms with Crippen molar-refractivity contribution >= 4 is 38.4 Å². The van der Waals surface area contributed by atoms with Crippen molar-refractivity contribution in [2.75, 3.05) is 0 Å². The van der Waals surface area contributed by atoms with E-state index in [1.165, 1.54) is 60.1 Å². The van der Waals surface area contributed by atoms with E-state index in [1.54, 1.807) is 6.20 Å². The van der Waals surface area contributed by atoms with Crippen LogP contribution < -0.4 is 0 Å². The molecule has 0 saturated heterocycles. The first kappa shape index (κ1) is 33.8. The minimum Gasteiger partial charge on any atom is -0.264 e. The molecule has 0 N–H and O–H groups in total. The van der Waals surface area contributed by atoms with Gasteiger partial charge in [-0.05, 0) is 114 Å². The van der Waals surface area contributed by atoms with E-state index in [0.29, 0.717) is 5.82 Å². The van der Waals surface area contributed by atoms with Crippen LogP contribution in [0.2, 0.25) is 0 Å². The molecule has 58 heavy (non-hydrogen) atoms. The van der Waals surface area contributed by atoms with Crippen molar-refractivity contribution in [2.45, 2.75) is 12.8 Å². The molecule has 0 saturated carbocycles. The zero-order valence-electron chi connectivity index (χ0n) is 31.8. The van der Waals surface area contributed by atoms with Gasteiger partial charge in [-0.15, -0.1) is 0 Å². The van der Waals surface area contributed by atoms with Gasteiger partial charge >= 0.3 is 0 Å². The largest absolute Gasteiger partial charge is 0.264 e. The highest BCUT2D eigenvalue weighted by Gasteiger charge is 2.19. The SMILES string of the molecule is C1=Cc2ccc(-c3cc(-c4ccc(-c5cccnc5)cc4)nc(-c4cccc(-c5c6ccccc6c(-c6cccc7ccccc67)c6ccccc56)c4)n3)cc2CC1. The lowest BCUT2D eigenvalue weighted by Gasteiger charge is -2.19. The van der Waals surface area contributed by atoms with Crippen molar-refractivity contribution in [3.05, 3.63) is 206 Å². The maximum Gasteiger partial charge on any atom is 0.160 e. The lowest BCUT2D eigenvalue weighted by atomic mass is 9.84. The van der Waals surface area contributed by atoms with Crippen LogP contribution in [0.1, 0.15) is 17.5 Å². The molecule has 0 atom stereocenters. The topological polar surface area (TPSA) is 38.7 Å². The van der Waals surface area contributed by atoms with Crippen molar-refractivity contribution < 1.29 is 0 Å². The Hall–Kier alpha value is -7.49. The molecule has 0 fully saturated rings. The molecular weight excluding hydrogens is 703 g/mol. The van der Waals surface area contributed by atoms with Crippen molar-refractivity contribution in [2.24, 2.45) is 0 Å². The van der Waals surface area contributed by atoms with Crippen LogP contribution in [0.25, 0.3) is 106 Å². The minimum absolute atomic E-state index is 0.698. The monoisotopic (exact) mass is 739 g/mol. The van der Waals surface area contributed by atoms with Gasteiger partial charge in [-0.2, -0.15) is 0 Å². The summed E-state index contributed by atoms with van der Waals surface area (Å²) in [6.45, 7) is 0. The van der Waals surface area contributed by atoms with Gasteiger partial charge in [0.25, 0.3) is 0 Å². The molecule has 10 aromatic rings. The predicted molar refractivity (Wildman–Crippen MR) is 242 cm³/mol. The van der Waals surface area contributed by atoms with Crippen molar-refractivity contribution in [1.29, 1.82) is 0 Å². The van der Waals surface area contributed by atoms with Crippen LogP contribution in [-0.4, -0.2) is 15.0 Å². The quantitative estimate of drug-likeness (QED) is 0.159. The fraction of sp³-hybridized carbons (Fsp3) is 0.0364. The summed E-state index contributed by atoms with van der Waals surface area (Å²) in [5.41, 5.74) is 14.6. The van der Waals surface area contributed by atoms with Crippen molar-refractivity contribution in [3.63, 3.8) is 0 Å². The minimum atomic E-state index is 0.698. The molecule has 0 aliphatic heterocycles. The van der Waals surface area contributed by atoms with E-state index in [1.807, 2.05) is 12.3 Å². The average Bonchev–Trinajstić information content (AvgIpc) is 3.30. The predicted octanol–water partition coefficient (Wildman–Crippen LogP) is 14.3. The molecule has 0 amide bonds. The summed E-state index contributed by atoms with van der Waals surface area (Å²) in [4.78, 5) is 14.9. The molecule has 3 heteroatoms. The second kappa shape index (κ2) is 14.2. The highest BCUT2D eigenvalue weighted by atomic mass is 14.9. The summed E-state index contributed by atoms with van der Waals surface area (Å²) >= 11 is 0. The normalized spacial score (nSPS) is 12.3. The van der Waals surface area contributed by atoms with E-state index in [2.05, 4.69) is 187 Å². The van der Waals surface area contributed by atoms with E-state index in [9.17, 15) is 0 Å². The van der Waals surface area contributed by atoms with Crippen LogP contribution in [0.3, 0.4) is 0 Å². The second-order valence-electron chi connectivity index (χ2n) is 15.1. The van der Waals surface area contributed by atoms with Gasteiger partial charge in [0.2, 0.25) is 0 Å². The van der Waals surface area contributed by atoms with Crippen LogP contribution in [-0.2, 0) is 6.42 Å². The fourth-order valence-electron chi connectivity index (χ4n) is 8.82. The van der Waals surface area contributed by atoms with Crippen LogP contribution in [0.5, 0.6) is 0 Å². The molecule has 8 aromatic carbocycles. The van der Waals surface area contributed by atoms with Crippen LogP contribution >= 0.6 is 0 Å². The smallest absolute Gasteiger partial charge is 0.160 e. The standard InChI is InChI=1S/C55H37N3/c1-2-14-40-32-41(30-27-36(40)12-1)52-34-51(39-28-25-37(26-29-39)44-18-11-31-56-35-44)57-55(58-52)43-17-9-16-42(33-43)53-47-20-5-7-22-49(47)54(50-23-8-6-21-48(50)53)46-24-10-15-38-13-3-4-19-45(38)46/h1,3-13,15-35H,2,14H2. The third kappa shape index (κ3) is 5.96. The van der Waals surface area contributed by atoms with Gasteiger partial charge in [-0.1, -0.05) is 164 Å². The van der Waals surface area contributed by atoms with E-state index >= 15 is 0 Å². The van der Waals surface area contributed by atoms with Gasteiger partial charge in [0.1, 0.15) is 0 Å². The Labute approximate surface area is 337 Å². The Kier molecular flexibility index (Phi) is 8.29. The number of rotatable bonds is 6. The number of aromatic nitrogens is 3. The van der Waals surface area contributed by atoms with Gasteiger partial charge in [0, 0.05) is 29.1 Å². The Bertz CT molecular complexity index is 3150. The Morgan fingerprint density at radius 2 is 1.03 bits per heavy atom. The molecule has 0 spiro atoms.